The second-order valence-electron chi connectivity index (χ2n) is 11.6. The van der Waals surface area contributed by atoms with Gasteiger partial charge >= 0.3 is 36.4 Å². The molecule has 0 spiro atoms. The summed E-state index contributed by atoms with van der Waals surface area (Å²) in [5, 5.41) is 28.1. The molecule has 20 heteroatoms. The number of carbonyl (C=O) groups excluding carboxylic acids is 1. The van der Waals surface area contributed by atoms with E-state index < -0.39 is 36.4 Å². The fourth-order valence-electron chi connectivity index (χ4n) is 4.33. The predicted molar refractivity (Wildman–Crippen MR) is 163 cm³/mol. The predicted octanol–water partition coefficient (Wildman–Crippen LogP) is 5.45. The molecule has 0 aromatic heterocycles. The monoisotopic (exact) mass is 746 g/mol. The molecule has 51 heavy (non-hydrogen) atoms. The van der Waals surface area contributed by atoms with Crippen LogP contribution < -0.4 is 15.5 Å². The maximum absolute atomic E-state index is 12.6. The van der Waals surface area contributed by atoms with Gasteiger partial charge in [-0.1, -0.05) is 12.1 Å². The lowest BCUT2D eigenvalue weighted by Crippen LogP contribution is -2.44. The topological polar surface area (TPSA) is 160 Å². The number of hydrogen-bond acceptors (Lipinski definition) is 7. The molecule has 0 bridgehead atoms. The number of nitrogens with zero attached hydrogens (tertiary/aromatic N) is 2. The summed E-state index contributed by atoms with van der Waals surface area (Å²) in [5.74, 6) is -6.78. The second-order valence-corrected chi connectivity index (χ2v) is 11.6. The Morgan fingerprint density at radius 1 is 0.706 bits per heavy atom. The van der Waals surface area contributed by atoms with E-state index in [1.54, 1.807) is 0 Å². The van der Waals surface area contributed by atoms with Gasteiger partial charge in [0.15, 0.2) is 0 Å². The molecule has 2 aromatic rings. The van der Waals surface area contributed by atoms with Crippen LogP contribution in [0.2, 0.25) is 0 Å². The molecule has 2 aliphatic carbocycles. The van der Waals surface area contributed by atoms with Crippen molar-refractivity contribution in [2.24, 2.45) is 5.92 Å². The summed E-state index contributed by atoms with van der Waals surface area (Å²) in [5.41, 5.74) is 4.12. The molecule has 2 saturated carbocycles. The van der Waals surface area contributed by atoms with Crippen molar-refractivity contribution in [2.75, 3.05) is 50.0 Å². The zero-order valence-corrected chi connectivity index (χ0v) is 26.8. The largest absolute Gasteiger partial charge is 0.490 e. The first-order chi connectivity index (χ1) is 23.5. The van der Waals surface area contributed by atoms with Gasteiger partial charge in [-0.05, 0) is 80.7 Å². The van der Waals surface area contributed by atoms with Gasteiger partial charge in [-0.3, -0.25) is 4.79 Å². The van der Waals surface area contributed by atoms with E-state index in [1.807, 2.05) is 24.3 Å². The third-order valence-electron chi connectivity index (χ3n) is 7.48. The molecular weight excluding hydrogens is 711 g/mol. The second kappa shape index (κ2) is 18.1. The fraction of sp³-hybridized carbons (Fsp3) is 0.484. The molecule has 5 rings (SSSR count). The van der Waals surface area contributed by atoms with Crippen LogP contribution in [0.25, 0.3) is 0 Å². The lowest BCUT2D eigenvalue weighted by Gasteiger charge is -2.34. The summed E-state index contributed by atoms with van der Waals surface area (Å²) in [4.78, 5) is 44.1. The number of hydrogen-bond donors (Lipinski definition) is 5. The summed E-state index contributed by atoms with van der Waals surface area (Å²) >= 11 is 0. The van der Waals surface area contributed by atoms with Crippen LogP contribution in [0.1, 0.15) is 41.1 Å². The Kier molecular flexibility index (Phi) is 15.1. The van der Waals surface area contributed by atoms with E-state index in [9.17, 15) is 44.3 Å². The quantitative estimate of drug-likeness (QED) is 0.231. The van der Waals surface area contributed by atoms with Gasteiger partial charge in [-0.2, -0.15) is 39.5 Å². The summed E-state index contributed by atoms with van der Waals surface area (Å²) in [6, 6.07) is 17.0. The van der Waals surface area contributed by atoms with Gasteiger partial charge in [0.25, 0.3) is 5.91 Å². The van der Waals surface area contributed by atoms with Crippen LogP contribution >= 0.6 is 0 Å². The van der Waals surface area contributed by atoms with Gasteiger partial charge in [-0.25, -0.2) is 14.4 Å². The normalized spacial score (nSPS) is 18.7. The summed E-state index contributed by atoms with van der Waals surface area (Å²) in [6.07, 6.45) is -11.2. The van der Waals surface area contributed by atoms with Crippen LogP contribution in [0.5, 0.6) is 0 Å². The first-order valence-corrected chi connectivity index (χ1v) is 15.1. The summed E-state index contributed by atoms with van der Waals surface area (Å²) in [6.45, 7) is 5.45. The van der Waals surface area contributed by atoms with E-state index in [0.29, 0.717) is 17.5 Å². The van der Waals surface area contributed by atoms with Gasteiger partial charge in [0.05, 0.1) is 0 Å². The van der Waals surface area contributed by atoms with Crippen molar-refractivity contribution < 1.29 is 74.0 Å². The Morgan fingerprint density at radius 2 is 1.14 bits per heavy atom. The average molecular weight is 747 g/mol. The first-order valence-electron chi connectivity index (χ1n) is 15.1. The molecule has 1 amide bonds. The zero-order valence-electron chi connectivity index (χ0n) is 26.8. The maximum Gasteiger partial charge on any atom is 0.490 e. The Labute approximate surface area is 285 Å². The average Bonchev–Trinajstić information content (AvgIpc) is 3.97. The number of alkyl halides is 9. The van der Waals surface area contributed by atoms with Gasteiger partial charge < -0.3 is 35.8 Å². The Morgan fingerprint density at radius 3 is 1.53 bits per heavy atom. The molecule has 2 unspecified atom stereocenters. The van der Waals surface area contributed by atoms with Crippen LogP contribution in [0.4, 0.5) is 50.9 Å². The van der Waals surface area contributed by atoms with Crippen LogP contribution in [0.3, 0.4) is 0 Å². The van der Waals surface area contributed by atoms with Crippen molar-refractivity contribution in [3.8, 4) is 0 Å². The van der Waals surface area contributed by atoms with E-state index in [1.165, 1.54) is 37.1 Å². The number of piperazine rings is 1. The fourth-order valence-corrected chi connectivity index (χ4v) is 4.33. The number of amides is 1. The van der Waals surface area contributed by atoms with Crippen LogP contribution in [-0.4, -0.2) is 108 Å². The minimum Gasteiger partial charge on any atom is -0.475 e. The smallest absolute Gasteiger partial charge is 0.475 e. The number of anilines is 2. The SMILES string of the molecule is CN1CCN(c2ccc(NC(=O)c3ccc(C4CC4NCC4CC4)cc3)cc2)CC1.O=C(O)C(F)(F)F.O=C(O)C(F)(F)F.O=C(O)C(F)(F)F. The van der Waals surface area contributed by atoms with Crippen LogP contribution in [-0.2, 0) is 14.4 Å². The highest BCUT2D eigenvalue weighted by Gasteiger charge is 2.40. The number of carbonyl (C=O) groups is 4. The molecule has 5 N–H and O–H groups in total. The number of carboxylic acid groups (broad SMARTS) is 3. The first kappa shape index (κ1) is 42.6. The summed E-state index contributed by atoms with van der Waals surface area (Å²) < 4.78 is 95.2. The highest BCUT2D eigenvalue weighted by atomic mass is 19.4. The third kappa shape index (κ3) is 15.9. The summed E-state index contributed by atoms with van der Waals surface area (Å²) in [7, 11) is 2.16. The molecule has 3 aliphatic rings. The van der Waals surface area contributed by atoms with Gasteiger partial charge in [0.2, 0.25) is 0 Å². The molecule has 284 valence electrons. The van der Waals surface area contributed by atoms with Crippen molar-refractivity contribution in [1.82, 2.24) is 10.2 Å². The van der Waals surface area contributed by atoms with Crippen LogP contribution in [0, 0.1) is 5.92 Å². The van der Waals surface area contributed by atoms with Gasteiger partial charge in [0, 0.05) is 55.1 Å². The van der Waals surface area contributed by atoms with Crippen molar-refractivity contribution in [1.29, 1.82) is 0 Å². The van der Waals surface area contributed by atoms with E-state index in [2.05, 4.69) is 51.7 Å². The molecule has 0 radical (unpaired) electrons. The molecular formula is C31H35F9N4O7. The minimum absolute atomic E-state index is 0.0481. The van der Waals surface area contributed by atoms with E-state index >= 15 is 0 Å². The third-order valence-corrected chi connectivity index (χ3v) is 7.48. The molecule has 2 aromatic carbocycles. The van der Waals surface area contributed by atoms with E-state index in [4.69, 9.17) is 29.7 Å². The number of carboxylic acids is 3. The van der Waals surface area contributed by atoms with Crippen LogP contribution in [0.15, 0.2) is 48.5 Å². The lowest BCUT2D eigenvalue weighted by atomic mass is 10.1. The Hall–Kier alpha value is -4.59. The van der Waals surface area contributed by atoms with E-state index in [-0.39, 0.29) is 5.91 Å². The van der Waals surface area contributed by atoms with E-state index in [0.717, 1.165) is 37.8 Å². The number of halogens is 9. The number of nitrogens with one attached hydrogen (secondary N) is 2. The van der Waals surface area contributed by atoms with Crippen molar-refractivity contribution >= 4 is 35.2 Å². The Balaban J connectivity index is 0.000000352. The standard InChI is InChI=1S/C25H32N4O.3C2HF3O2/c1-28-12-14-29(15-13-28)22-10-8-21(9-11-22)27-25(30)20-6-4-19(5-7-20)23-16-24(23)26-17-18-2-3-18;3*3-2(4,5)1(6)7/h4-11,18,23-24,26H,2-3,12-17H2,1H3,(H,27,30);3*(H,6,7). The number of aliphatic carboxylic acids is 3. The minimum atomic E-state index is -5.08. The molecule has 1 heterocycles. The molecule has 2 atom stereocenters. The highest BCUT2D eigenvalue weighted by molar-refractivity contribution is 6.04. The highest BCUT2D eigenvalue weighted by Crippen LogP contribution is 2.41. The molecule has 11 nitrogen and oxygen atoms in total. The molecule has 1 aliphatic heterocycles. The van der Waals surface area contributed by atoms with Crippen molar-refractivity contribution in [3.63, 3.8) is 0 Å². The van der Waals surface area contributed by atoms with Gasteiger partial charge in [-0.15, -0.1) is 0 Å². The molecule has 1 saturated heterocycles. The Bertz CT molecular complexity index is 1400. The number of benzene rings is 2. The zero-order chi connectivity index (χ0) is 38.7. The number of rotatable bonds is 7. The van der Waals surface area contributed by atoms with Crippen molar-refractivity contribution in [3.05, 3.63) is 59.7 Å². The lowest BCUT2D eigenvalue weighted by molar-refractivity contribution is -0.193. The number of likely N-dealkylation sites (N-methyl/N-ethyl adjacent to an activating group) is 1. The molecule has 3 fully saturated rings. The van der Waals surface area contributed by atoms with Gasteiger partial charge in [0.1, 0.15) is 0 Å². The maximum atomic E-state index is 12.6. The van der Waals surface area contributed by atoms with Crippen molar-refractivity contribution in [2.45, 2.75) is 49.8 Å².